The molecule has 114 valence electrons. The zero-order valence-corrected chi connectivity index (χ0v) is 13.1. The minimum atomic E-state index is -0.0756. The maximum absolute atomic E-state index is 12.4. The van der Waals surface area contributed by atoms with Crippen molar-refractivity contribution in [2.75, 3.05) is 13.1 Å². The number of halogens is 2. The Morgan fingerprint density at radius 3 is 2.67 bits per heavy atom. The Hall–Kier alpha value is -1.43. The average molecular weight is 329 g/mol. The molecule has 0 saturated carbocycles. The van der Waals surface area contributed by atoms with E-state index in [1.54, 1.807) is 11.1 Å². The van der Waals surface area contributed by atoms with Crippen molar-refractivity contribution >= 4 is 41.8 Å². The van der Waals surface area contributed by atoms with Gasteiger partial charge in [0.2, 0.25) is 0 Å². The molecule has 2 aromatic rings. The lowest BCUT2D eigenvalue weighted by Crippen LogP contribution is -2.45. The third kappa shape index (κ3) is 3.81. The number of hydrogen-bond acceptors (Lipinski definition) is 4. The van der Waals surface area contributed by atoms with Crippen molar-refractivity contribution in [2.24, 2.45) is 5.73 Å². The minimum absolute atomic E-state index is 0. The van der Waals surface area contributed by atoms with E-state index in [0.717, 1.165) is 30.4 Å². The summed E-state index contributed by atoms with van der Waals surface area (Å²) >= 11 is 0. The molecule has 1 unspecified atom stereocenters. The molecule has 21 heavy (non-hydrogen) atoms. The summed E-state index contributed by atoms with van der Waals surface area (Å²) in [5, 5.41) is 0. The Balaban J connectivity index is 0.00000110. The number of nitrogens with zero attached hydrogens (tertiary/aromatic N) is 3. The molecule has 3 rings (SSSR count). The molecular weight excluding hydrogens is 311 g/mol. The van der Waals surface area contributed by atoms with Crippen molar-refractivity contribution in [3.05, 3.63) is 36.2 Å². The molecule has 1 fully saturated rings. The summed E-state index contributed by atoms with van der Waals surface area (Å²) in [4.78, 5) is 22.8. The molecule has 2 N–H and O–H groups in total. The first-order valence-corrected chi connectivity index (χ1v) is 6.51. The van der Waals surface area contributed by atoms with E-state index >= 15 is 0 Å². The highest BCUT2D eigenvalue weighted by Crippen LogP contribution is 2.13. The van der Waals surface area contributed by atoms with Crippen LogP contribution in [0.1, 0.15) is 23.3 Å². The van der Waals surface area contributed by atoms with E-state index in [1.807, 2.05) is 24.3 Å². The van der Waals surface area contributed by atoms with Gasteiger partial charge >= 0.3 is 0 Å². The largest absolute Gasteiger partial charge is 0.336 e. The van der Waals surface area contributed by atoms with Crippen molar-refractivity contribution in [3.8, 4) is 0 Å². The number of fused-ring (bicyclic) bond motifs is 1. The van der Waals surface area contributed by atoms with Crippen LogP contribution in [0.3, 0.4) is 0 Å². The van der Waals surface area contributed by atoms with E-state index in [0.29, 0.717) is 12.2 Å². The number of rotatable bonds is 1. The van der Waals surface area contributed by atoms with E-state index in [1.165, 1.54) is 0 Å². The fourth-order valence-corrected chi connectivity index (χ4v) is 2.42. The summed E-state index contributed by atoms with van der Waals surface area (Å²) in [6.07, 6.45) is 3.48. The number of piperidine rings is 1. The van der Waals surface area contributed by atoms with Gasteiger partial charge in [0.05, 0.1) is 17.2 Å². The SMILES string of the molecule is Cl.Cl.NC1CCCN(C(=O)c2cnc3ccccc3n2)C1. The van der Waals surface area contributed by atoms with Gasteiger partial charge in [-0.2, -0.15) is 0 Å². The highest BCUT2D eigenvalue weighted by Gasteiger charge is 2.23. The Bertz CT molecular complexity index is 623. The predicted molar refractivity (Wildman–Crippen MR) is 87.1 cm³/mol. The van der Waals surface area contributed by atoms with Crippen molar-refractivity contribution in [1.29, 1.82) is 0 Å². The number of carbonyl (C=O) groups excluding carboxylic acids is 1. The monoisotopic (exact) mass is 328 g/mol. The first-order chi connectivity index (χ1) is 9.24. The van der Waals surface area contributed by atoms with E-state index < -0.39 is 0 Å². The lowest BCUT2D eigenvalue weighted by Gasteiger charge is -2.30. The standard InChI is InChI=1S/C14H16N4O.2ClH/c15-10-4-3-7-18(9-10)14(19)13-8-16-11-5-1-2-6-12(11)17-13;;/h1-2,5-6,8,10H,3-4,7,9,15H2;2*1H. The number of nitrogens with two attached hydrogens (primary N) is 1. The summed E-state index contributed by atoms with van der Waals surface area (Å²) in [5.41, 5.74) is 7.84. The Labute approximate surface area is 135 Å². The van der Waals surface area contributed by atoms with Crippen molar-refractivity contribution in [2.45, 2.75) is 18.9 Å². The quantitative estimate of drug-likeness (QED) is 0.869. The van der Waals surface area contributed by atoms with Gasteiger partial charge in [-0.3, -0.25) is 9.78 Å². The number of likely N-dealkylation sites (tertiary alicyclic amines) is 1. The van der Waals surface area contributed by atoms with Crippen LogP contribution in [-0.2, 0) is 0 Å². The number of aromatic nitrogens is 2. The highest BCUT2D eigenvalue weighted by atomic mass is 35.5. The summed E-state index contributed by atoms with van der Waals surface area (Å²) in [7, 11) is 0. The fraction of sp³-hybridized carbons (Fsp3) is 0.357. The van der Waals surface area contributed by atoms with Gasteiger partial charge in [0.15, 0.2) is 0 Å². The molecule has 1 atom stereocenters. The second-order valence-corrected chi connectivity index (χ2v) is 4.90. The highest BCUT2D eigenvalue weighted by molar-refractivity contribution is 5.93. The molecule has 1 aliphatic rings. The van der Waals surface area contributed by atoms with Crippen LogP contribution in [0, 0.1) is 0 Å². The third-order valence-electron chi connectivity index (χ3n) is 3.41. The zero-order valence-electron chi connectivity index (χ0n) is 11.4. The number of benzene rings is 1. The first kappa shape index (κ1) is 17.6. The maximum atomic E-state index is 12.4. The topological polar surface area (TPSA) is 72.1 Å². The molecular formula is C14H18Cl2N4O. The van der Waals surface area contributed by atoms with E-state index in [4.69, 9.17) is 5.73 Å². The summed E-state index contributed by atoms with van der Waals surface area (Å²) < 4.78 is 0. The smallest absolute Gasteiger partial charge is 0.274 e. The Morgan fingerprint density at radius 1 is 1.24 bits per heavy atom. The first-order valence-electron chi connectivity index (χ1n) is 6.51. The van der Waals surface area contributed by atoms with Gasteiger partial charge in [0, 0.05) is 19.1 Å². The second-order valence-electron chi connectivity index (χ2n) is 4.90. The molecule has 1 aromatic carbocycles. The predicted octanol–water partition coefficient (Wildman–Crippen LogP) is 2.04. The molecule has 0 aliphatic carbocycles. The lowest BCUT2D eigenvalue weighted by molar-refractivity contribution is 0.0703. The summed E-state index contributed by atoms with van der Waals surface area (Å²) in [6.45, 7) is 1.36. The normalized spacial score (nSPS) is 17.8. The van der Waals surface area contributed by atoms with E-state index in [2.05, 4.69) is 9.97 Å². The van der Waals surface area contributed by atoms with Crippen LogP contribution in [0.4, 0.5) is 0 Å². The Kier molecular flexibility index (Phi) is 6.33. The number of carbonyl (C=O) groups is 1. The number of para-hydroxylation sites is 2. The van der Waals surface area contributed by atoms with Gasteiger partial charge in [-0.15, -0.1) is 24.8 Å². The van der Waals surface area contributed by atoms with Gasteiger partial charge in [0.25, 0.3) is 5.91 Å². The average Bonchev–Trinajstić information content (AvgIpc) is 2.46. The molecule has 0 spiro atoms. The molecule has 2 heterocycles. The van der Waals surface area contributed by atoms with Crippen LogP contribution < -0.4 is 5.73 Å². The summed E-state index contributed by atoms with van der Waals surface area (Å²) in [5.74, 6) is -0.0756. The van der Waals surface area contributed by atoms with Crippen molar-refractivity contribution in [3.63, 3.8) is 0 Å². The van der Waals surface area contributed by atoms with Crippen LogP contribution in [0.2, 0.25) is 0 Å². The van der Waals surface area contributed by atoms with Crippen LogP contribution in [0.25, 0.3) is 11.0 Å². The second kappa shape index (κ2) is 7.54. The third-order valence-corrected chi connectivity index (χ3v) is 3.41. The molecule has 0 bridgehead atoms. The van der Waals surface area contributed by atoms with Crippen LogP contribution in [-0.4, -0.2) is 39.9 Å². The fourth-order valence-electron chi connectivity index (χ4n) is 2.42. The van der Waals surface area contributed by atoms with Crippen LogP contribution in [0.5, 0.6) is 0 Å². The molecule has 5 nitrogen and oxygen atoms in total. The maximum Gasteiger partial charge on any atom is 0.274 e. The Morgan fingerprint density at radius 2 is 1.95 bits per heavy atom. The van der Waals surface area contributed by atoms with Gasteiger partial charge in [-0.05, 0) is 25.0 Å². The molecule has 1 aromatic heterocycles. The molecule has 1 saturated heterocycles. The van der Waals surface area contributed by atoms with Gasteiger partial charge in [-0.1, -0.05) is 12.1 Å². The van der Waals surface area contributed by atoms with E-state index in [-0.39, 0.29) is 36.8 Å². The van der Waals surface area contributed by atoms with Crippen LogP contribution >= 0.6 is 24.8 Å². The van der Waals surface area contributed by atoms with Crippen molar-refractivity contribution in [1.82, 2.24) is 14.9 Å². The van der Waals surface area contributed by atoms with Gasteiger partial charge in [0.1, 0.15) is 5.69 Å². The number of hydrogen-bond donors (Lipinski definition) is 1. The molecule has 0 radical (unpaired) electrons. The number of amides is 1. The van der Waals surface area contributed by atoms with Crippen molar-refractivity contribution < 1.29 is 4.79 Å². The molecule has 1 aliphatic heterocycles. The van der Waals surface area contributed by atoms with Gasteiger partial charge < -0.3 is 10.6 Å². The lowest BCUT2D eigenvalue weighted by atomic mass is 10.1. The van der Waals surface area contributed by atoms with Gasteiger partial charge in [-0.25, -0.2) is 4.98 Å². The van der Waals surface area contributed by atoms with Crippen LogP contribution in [0.15, 0.2) is 30.5 Å². The zero-order chi connectivity index (χ0) is 13.2. The molecule has 7 heteroatoms. The molecule has 1 amide bonds. The van der Waals surface area contributed by atoms with E-state index in [9.17, 15) is 4.79 Å². The summed E-state index contributed by atoms with van der Waals surface area (Å²) in [6, 6.07) is 7.62. The minimum Gasteiger partial charge on any atom is -0.336 e.